The predicted molar refractivity (Wildman–Crippen MR) is 106 cm³/mol. The predicted octanol–water partition coefficient (Wildman–Crippen LogP) is 2.22. The number of nitrogens with one attached hydrogen (secondary N) is 1. The summed E-state index contributed by atoms with van der Waals surface area (Å²) in [6.07, 6.45) is 0.636. The van der Waals surface area contributed by atoms with Crippen LogP contribution in [-0.2, 0) is 9.84 Å². The second kappa shape index (κ2) is 7.11. The Labute approximate surface area is 155 Å². The summed E-state index contributed by atoms with van der Waals surface area (Å²) in [5.41, 5.74) is 2.06. The van der Waals surface area contributed by atoms with Gasteiger partial charge in [-0.05, 0) is 37.6 Å². The Bertz CT molecular complexity index is 881. The fourth-order valence-corrected chi connectivity index (χ4v) is 4.83. The largest absolute Gasteiger partial charge is 0.378 e. The molecule has 0 aliphatic carbocycles. The Morgan fingerprint density at radius 3 is 2.38 bits per heavy atom. The van der Waals surface area contributed by atoms with E-state index in [9.17, 15) is 8.42 Å². The molecule has 2 aromatic rings. The van der Waals surface area contributed by atoms with E-state index in [1.165, 1.54) is 0 Å². The zero-order valence-electron chi connectivity index (χ0n) is 15.6. The number of anilines is 4. The molecule has 2 heterocycles. The molecule has 1 aromatic carbocycles. The van der Waals surface area contributed by atoms with Gasteiger partial charge in [-0.25, -0.2) is 18.4 Å². The second-order valence-electron chi connectivity index (χ2n) is 6.89. The fourth-order valence-electron chi connectivity index (χ4n) is 3.06. The first-order valence-corrected chi connectivity index (χ1v) is 10.4. The van der Waals surface area contributed by atoms with E-state index >= 15 is 0 Å². The van der Waals surface area contributed by atoms with Gasteiger partial charge in [-0.2, -0.15) is 0 Å². The maximum absolute atomic E-state index is 11.8. The van der Waals surface area contributed by atoms with Gasteiger partial charge in [0, 0.05) is 44.6 Å². The lowest BCUT2D eigenvalue weighted by molar-refractivity contribution is 0.600. The summed E-state index contributed by atoms with van der Waals surface area (Å²) in [5, 5.41) is 3.30. The standard InChI is InChI=1S/C18H25N5O2S/c1-13-19-17(21-14-5-7-15(8-6-14)22(2)3)11-18(20-13)23(4)16-9-10-26(24,25)12-16/h5-8,11,16H,9-10,12H2,1-4H3,(H,19,20,21). The minimum atomic E-state index is -2.93. The molecule has 7 nitrogen and oxygen atoms in total. The highest BCUT2D eigenvalue weighted by molar-refractivity contribution is 7.91. The lowest BCUT2D eigenvalue weighted by Gasteiger charge is -2.25. The molecule has 1 atom stereocenters. The Hall–Kier alpha value is -2.35. The topological polar surface area (TPSA) is 78.4 Å². The van der Waals surface area contributed by atoms with Gasteiger partial charge < -0.3 is 15.1 Å². The second-order valence-corrected chi connectivity index (χ2v) is 9.12. The molecular weight excluding hydrogens is 350 g/mol. The van der Waals surface area contributed by atoms with E-state index in [0.717, 1.165) is 17.2 Å². The summed E-state index contributed by atoms with van der Waals surface area (Å²) in [4.78, 5) is 12.9. The molecule has 1 aliphatic rings. The van der Waals surface area contributed by atoms with Crippen LogP contribution in [0.15, 0.2) is 30.3 Å². The van der Waals surface area contributed by atoms with Crippen molar-refractivity contribution in [2.24, 2.45) is 0 Å². The molecular formula is C18H25N5O2S. The van der Waals surface area contributed by atoms with Gasteiger partial charge in [0.2, 0.25) is 0 Å². The van der Waals surface area contributed by atoms with Gasteiger partial charge in [-0.3, -0.25) is 0 Å². The third kappa shape index (κ3) is 4.24. The van der Waals surface area contributed by atoms with Crippen LogP contribution >= 0.6 is 0 Å². The maximum Gasteiger partial charge on any atom is 0.152 e. The molecule has 1 fully saturated rings. The molecule has 1 N–H and O–H groups in total. The van der Waals surface area contributed by atoms with Crippen molar-refractivity contribution in [3.05, 3.63) is 36.2 Å². The monoisotopic (exact) mass is 375 g/mol. The number of hydrogen-bond donors (Lipinski definition) is 1. The molecule has 0 amide bonds. The van der Waals surface area contributed by atoms with Crippen LogP contribution in [0.25, 0.3) is 0 Å². The van der Waals surface area contributed by atoms with E-state index < -0.39 is 9.84 Å². The summed E-state index contributed by atoms with van der Waals surface area (Å²) >= 11 is 0. The number of aromatic nitrogens is 2. The van der Waals surface area contributed by atoms with Crippen LogP contribution in [0.3, 0.4) is 0 Å². The van der Waals surface area contributed by atoms with Crippen molar-refractivity contribution >= 4 is 32.8 Å². The number of hydrogen-bond acceptors (Lipinski definition) is 7. The Morgan fingerprint density at radius 1 is 1.12 bits per heavy atom. The molecule has 3 rings (SSSR count). The number of nitrogens with zero attached hydrogens (tertiary/aromatic N) is 4. The van der Waals surface area contributed by atoms with Gasteiger partial charge in [0.05, 0.1) is 11.5 Å². The third-order valence-electron chi connectivity index (χ3n) is 4.60. The average molecular weight is 375 g/mol. The lowest BCUT2D eigenvalue weighted by atomic mass is 10.2. The smallest absolute Gasteiger partial charge is 0.152 e. The first-order chi connectivity index (χ1) is 12.2. The van der Waals surface area contributed by atoms with Gasteiger partial charge in [0.25, 0.3) is 0 Å². The Balaban J connectivity index is 1.79. The van der Waals surface area contributed by atoms with Crippen molar-refractivity contribution in [3.63, 3.8) is 0 Å². The molecule has 0 spiro atoms. The highest BCUT2D eigenvalue weighted by atomic mass is 32.2. The Kier molecular flexibility index (Phi) is 5.04. The number of rotatable bonds is 5. The van der Waals surface area contributed by atoms with E-state index in [-0.39, 0.29) is 17.5 Å². The third-order valence-corrected chi connectivity index (χ3v) is 6.35. The van der Waals surface area contributed by atoms with E-state index in [4.69, 9.17) is 0 Å². The van der Waals surface area contributed by atoms with Crippen LogP contribution in [0.5, 0.6) is 0 Å². The molecule has 1 aromatic heterocycles. The first-order valence-electron chi connectivity index (χ1n) is 8.57. The molecule has 1 unspecified atom stereocenters. The molecule has 26 heavy (non-hydrogen) atoms. The van der Waals surface area contributed by atoms with Crippen LogP contribution in [0.1, 0.15) is 12.2 Å². The minimum Gasteiger partial charge on any atom is -0.378 e. The SMILES string of the molecule is Cc1nc(Nc2ccc(N(C)C)cc2)cc(N(C)C2CCS(=O)(=O)C2)n1. The van der Waals surface area contributed by atoms with Crippen molar-refractivity contribution in [2.45, 2.75) is 19.4 Å². The van der Waals surface area contributed by atoms with Gasteiger partial charge >= 0.3 is 0 Å². The van der Waals surface area contributed by atoms with Crippen molar-refractivity contribution in [1.82, 2.24) is 9.97 Å². The van der Waals surface area contributed by atoms with Gasteiger partial charge in [-0.15, -0.1) is 0 Å². The van der Waals surface area contributed by atoms with Crippen molar-refractivity contribution in [3.8, 4) is 0 Å². The number of aryl methyl sites for hydroxylation is 1. The molecule has 1 aliphatic heterocycles. The van der Waals surface area contributed by atoms with Crippen LogP contribution in [0, 0.1) is 6.92 Å². The fraction of sp³-hybridized carbons (Fsp3) is 0.444. The quantitative estimate of drug-likeness (QED) is 0.858. The lowest BCUT2D eigenvalue weighted by Crippen LogP contribution is -2.33. The summed E-state index contributed by atoms with van der Waals surface area (Å²) in [6, 6.07) is 9.89. The molecule has 8 heteroatoms. The highest BCUT2D eigenvalue weighted by Crippen LogP contribution is 2.25. The van der Waals surface area contributed by atoms with Crippen LogP contribution in [0.4, 0.5) is 23.0 Å². The van der Waals surface area contributed by atoms with Crippen LogP contribution in [-0.4, -0.2) is 57.1 Å². The number of benzene rings is 1. The Morgan fingerprint density at radius 2 is 1.81 bits per heavy atom. The number of sulfone groups is 1. The van der Waals surface area contributed by atoms with Crippen LogP contribution in [0.2, 0.25) is 0 Å². The minimum absolute atomic E-state index is 0.0403. The summed E-state index contributed by atoms with van der Waals surface area (Å²) in [5.74, 6) is 2.49. The van der Waals surface area contributed by atoms with Gasteiger partial charge in [0.15, 0.2) is 9.84 Å². The van der Waals surface area contributed by atoms with E-state index in [2.05, 4.69) is 15.3 Å². The van der Waals surface area contributed by atoms with E-state index in [1.54, 1.807) is 0 Å². The van der Waals surface area contributed by atoms with Gasteiger partial charge in [0.1, 0.15) is 17.5 Å². The van der Waals surface area contributed by atoms with Crippen molar-refractivity contribution in [1.29, 1.82) is 0 Å². The highest BCUT2D eigenvalue weighted by Gasteiger charge is 2.31. The summed E-state index contributed by atoms with van der Waals surface area (Å²) in [7, 11) is 2.96. The maximum atomic E-state index is 11.8. The summed E-state index contributed by atoms with van der Waals surface area (Å²) < 4.78 is 23.5. The van der Waals surface area contributed by atoms with Crippen LogP contribution < -0.4 is 15.1 Å². The molecule has 0 radical (unpaired) electrons. The molecule has 0 saturated carbocycles. The first kappa shape index (κ1) is 18.4. The molecule has 1 saturated heterocycles. The van der Waals surface area contributed by atoms with E-state index in [1.807, 2.05) is 68.2 Å². The normalized spacial score (nSPS) is 18.5. The molecule has 140 valence electrons. The zero-order chi connectivity index (χ0) is 18.9. The summed E-state index contributed by atoms with van der Waals surface area (Å²) in [6.45, 7) is 1.84. The van der Waals surface area contributed by atoms with Crippen molar-refractivity contribution < 1.29 is 8.42 Å². The molecule has 0 bridgehead atoms. The average Bonchev–Trinajstić information content (AvgIpc) is 2.94. The zero-order valence-corrected chi connectivity index (χ0v) is 16.4. The van der Waals surface area contributed by atoms with Gasteiger partial charge in [-0.1, -0.05) is 0 Å². The van der Waals surface area contributed by atoms with Crippen molar-refractivity contribution in [2.75, 3.05) is 47.8 Å². The van der Waals surface area contributed by atoms with E-state index in [0.29, 0.717) is 18.1 Å².